The summed E-state index contributed by atoms with van der Waals surface area (Å²) in [5.74, 6) is -0.789. The van der Waals surface area contributed by atoms with Gasteiger partial charge in [0.25, 0.3) is 6.01 Å². The second-order valence-corrected chi connectivity index (χ2v) is 7.67. The molecule has 2 fully saturated rings. The molecule has 4 atom stereocenters. The monoisotopic (exact) mass is 433 g/mol. The Balaban J connectivity index is 1.35. The maximum atomic E-state index is 13.4. The molecule has 3 aromatic rings. The molecule has 156 valence electrons. The average molecular weight is 434 g/mol. The van der Waals surface area contributed by atoms with Crippen molar-refractivity contribution in [2.75, 3.05) is 13.2 Å². The zero-order chi connectivity index (χ0) is 20.8. The number of imidazole rings is 1. The van der Waals surface area contributed by atoms with E-state index in [1.165, 1.54) is 24.3 Å². The highest BCUT2D eigenvalue weighted by Crippen LogP contribution is 2.30. The topological polar surface area (TPSA) is 107 Å². The van der Waals surface area contributed by atoms with Gasteiger partial charge in [-0.25, -0.2) is 9.37 Å². The summed E-state index contributed by atoms with van der Waals surface area (Å²) in [6, 6.07) is 7.28. The molecule has 2 aliphatic heterocycles. The number of halogens is 2. The fourth-order valence-corrected chi connectivity index (χ4v) is 3.94. The molecule has 2 aromatic heterocycles. The van der Waals surface area contributed by atoms with Gasteiger partial charge in [-0.1, -0.05) is 23.7 Å². The highest BCUT2D eigenvalue weighted by molar-refractivity contribution is 6.32. The largest absolute Gasteiger partial charge is 0.456 e. The van der Waals surface area contributed by atoms with Crippen molar-refractivity contribution in [3.63, 3.8) is 0 Å². The van der Waals surface area contributed by atoms with E-state index in [9.17, 15) is 14.3 Å². The number of hydrogen-bond acceptors (Lipinski definition) is 7. The standard InChI is InChI=1S/C20H17ClFN3O5/c21-11-5-13-19(23-12(11)6-14(26)9-2-1-3-10(22)4-9)25-20(24-13)30-16-8-29-17-15(27)7-28-18(16)17/h1-5,15-18,27H,6-8H2,(H,23,24,25)/t15-,16-,17-,18-/m1/s1. The Hall–Kier alpha value is -2.59. The fraction of sp³-hybridized carbons (Fsp3) is 0.350. The lowest BCUT2D eigenvalue weighted by molar-refractivity contribution is 0.00706. The number of hydrogen-bond donors (Lipinski definition) is 2. The second kappa shape index (κ2) is 7.59. The Morgan fingerprint density at radius 3 is 2.93 bits per heavy atom. The van der Waals surface area contributed by atoms with Crippen molar-refractivity contribution in [3.05, 3.63) is 52.4 Å². The van der Waals surface area contributed by atoms with Gasteiger partial charge in [0.2, 0.25) is 0 Å². The molecule has 2 aliphatic rings. The van der Waals surface area contributed by atoms with Crippen LogP contribution in [-0.2, 0) is 15.9 Å². The smallest absolute Gasteiger partial charge is 0.296 e. The van der Waals surface area contributed by atoms with Crippen LogP contribution >= 0.6 is 11.6 Å². The Morgan fingerprint density at radius 2 is 2.10 bits per heavy atom. The predicted molar refractivity (Wildman–Crippen MR) is 103 cm³/mol. The van der Waals surface area contributed by atoms with Crippen LogP contribution in [0.1, 0.15) is 16.1 Å². The first-order chi connectivity index (χ1) is 14.5. The number of Topliss-reactive ketones (excluding diaryl/α,β-unsaturated/α-hetero) is 1. The molecule has 1 aromatic carbocycles. The van der Waals surface area contributed by atoms with Crippen molar-refractivity contribution in [2.45, 2.75) is 30.8 Å². The quantitative estimate of drug-likeness (QED) is 0.593. The van der Waals surface area contributed by atoms with E-state index >= 15 is 0 Å². The number of nitrogens with zero attached hydrogens (tertiary/aromatic N) is 2. The summed E-state index contributed by atoms with van der Waals surface area (Å²) in [5.41, 5.74) is 1.45. The van der Waals surface area contributed by atoms with E-state index in [2.05, 4.69) is 15.0 Å². The van der Waals surface area contributed by atoms with Crippen molar-refractivity contribution >= 4 is 28.5 Å². The van der Waals surface area contributed by atoms with Crippen LogP contribution in [0.25, 0.3) is 11.2 Å². The normalized spacial score (nSPS) is 25.6. The van der Waals surface area contributed by atoms with Crippen LogP contribution in [0.2, 0.25) is 5.02 Å². The van der Waals surface area contributed by atoms with E-state index in [-0.39, 0.29) is 48.1 Å². The van der Waals surface area contributed by atoms with Crippen LogP contribution in [-0.4, -0.2) is 63.5 Å². The van der Waals surface area contributed by atoms with Crippen molar-refractivity contribution in [1.82, 2.24) is 15.0 Å². The fourth-order valence-electron chi connectivity index (χ4n) is 3.72. The molecule has 0 radical (unpaired) electrons. The summed E-state index contributed by atoms with van der Waals surface area (Å²) in [4.78, 5) is 24.1. The number of carbonyl (C=O) groups excluding carboxylic acids is 1. The van der Waals surface area contributed by atoms with Gasteiger partial charge in [-0.2, -0.15) is 4.98 Å². The number of H-pyrrole nitrogens is 1. The maximum absolute atomic E-state index is 13.4. The number of aliphatic hydroxyl groups excluding tert-OH is 1. The number of rotatable bonds is 5. The lowest BCUT2D eigenvalue weighted by Gasteiger charge is -2.15. The highest BCUT2D eigenvalue weighted by atomic mass is 35.5. The number of ether oxygens (including phenoxy) is 3. The van der Waals surface area contributed by atoms with E-state index < -0.39 is 24.1 Å². The molecule has 4 heterocycles. The maximum Gasteiger partial charge on any atom is 0.296 e. The third kappa shape index (κ3) is 3.54. The Morgan fingerprint density at radius 1 is 1.27 bits per heavy atom. The lowest BCUT2D eigenvalue weighted by atomic mass is 10.1. The summed E-state index contributed by atoms with van der Waals surface area (Å²) in [7, 11) is 0. The molecule has 0 saturated carbocycles. The zero-order valence-corrected chi connectivity index (χ0v) is 16.3. The van der Waals surface area contributed by atoms with Crippen LogP contribution in [0, 0.1) is 5.82 Å². The predicted octanol–water partition coefficient (Wildman–Crippen LogP) is 2.08. The minimum absolute atomic E-state index is 0.0901. The van der Waals surface area contributed by atoms with Gasteiger partial charge >= 0.3 is 0 Å². The summed E-state index contributed by atoms with van der Waals surface area (Å²) < 4.78 is 30.3. The second-order valence-electron chi connectivity index (χ2n) is 7.26. The molecule has 0 bridgehead atoms. The Labute approximate surface area is 174 Å². The van der Waals surface area contributed by atoms with Crippen molar-refractivity contribution in [3.8, 4) is 6.01 Å². The Kier molecular flexibility index (Phi) is 4.90. The first-order valence-electron chi connectivity index (χ1n) is 9.40. The number of fused-ring (bicyclic) bond motifs is 2. The zero-order valence-electron chi connectivity index (χ0n) is 15.5. The molecule has 0 amide bonds. The van der Waals surface area contributed by atoms with Crippen LogP contribution < -0.4 is 4.74 Å². The molecule has 2 saturated heterocycles. The van der Waals surface area contributed by atoms with E-state index in [0.29, 0.717) is 16.9 Å². The molecular formula is C20H17ClFN3O5. The number of pyridine rings is 1. The van der Waals surface area contributed by atoms with Gasteiger partial charge < -0.3 is 24.3 Å². The van der Waals surface area contributed by atoms with Gasteiger partial charge in [-0.05, 0) is 18.2 Å². The van der Waals surface area contributed by atoms with E-state index in [4.69, 9.17) is 25.8 Å². The number of aromatic amines is 1. The number of ketones is 1. The van der Waals surface area contributed by atoms with Gasteiger partial charge in [-0.3, -0.25) is 4.79 Å². The minimum atomic E-state index is -0.669. The van der Waals surface area contributed by atoms with Crippen molar-refractivity contribution in [1.29, 1.82) is 0 Å². The SMILES string of the molecule is O=C(Cc1nc2nc(O[C@@H]3CO[C@H]4[C@@H]3OC[C@H]4O)[nH]c2cc1Cl)c1cccc(F)c1. The van der Waals surface area contributed by atoms with Gasteiger partial charge in [0.05, 0.1) is 35.9 Å². The number of benzene rings is 1. The highest BCUT2D eigenvalue weighted by Gasteiger charge is 2.48. The van der Waals surface area contributed by atoms with Crippen molar-refractivity contribution in [2.24, 2.45) is 0 Å². The molecule has 0 aliphatic carbocycles. The third-order valence-corrected chi connectivity index (χ3v) is 5.52. The molecule has 0 unspecified atom stereocenters. The van der Waals surface area contributed by atoms with Crippen LogP contribution in [0.4, 0.5) is 4.39 Å². The van der Waals surface area contributed by atoms with Gasteiger partial charge in [0.1, 0.15) is 24.1 Å². The van der Waals surface area contributed by atoms with Gasteiger partial charge in [-0.15, -0.1) is 0 Å². The molecule has 2 N–H and O–H groups in total. The molecule has 0 spiro atoms. The number of nitrogens with one attached hydrogen (secondary N) is 1. The van der Waals surface area contributed by atoms with Crippen LogP contribution in [0.3, 0.4) is 0 Å². The minimum Gasteiger partial charge on any atom is -0.456 e. The molecular weight excluding hydrogens is 417 g/mol. The first kappa shape index (κ1) is 19.4. The number of carbonyl (C=O) groups is 1. The lowest BCUT2D eigenvalue weighted by Crippen LogP contribution is -2.34. The van der Waals surface area contributed by atoms with Gasteiger partial charge in [0, 0.05) is 5.56 Å². The van der Waals surface area contributed by atoms with E-state index in [1.54, 1.807) is 6.07 Å². The first-order valence-corrected chi connectivity index (χ1v) is 9.77. The van der Waals surface area contributed by atoms with E-state index in [0.717, 1.165) is 0 Å². The molecule has 30 heavy (non-hydrogen) atoms. The van der Waals surface area contributed by atoms with Crippen LogP contribution in [0.15, 0.2) is 30.3 Å². The summed E-state index contributed by atoms with van der Waals surface area (Å²) in [5, 5.41) is 10.1. The molecule has 8 nitrogen and oxygen atoms in total. The Bertz CT molecular complexity index is 1120. The summed E-state index contributed by atoms with van der Waals surface area (Å²) >= 11 is 6.29. The number of aliphatic hydroxyl groups is 1. The third-order valence-electron chi connectivity index (χ3n) is 5.20. The van der Waals surface area contributed by atoms with Crippen molar-refractivity contribution < 1.29 is 28.5 Å². The number of aromatic nitrogens is 3. The van der Waals surface area contributed by atoms with E-state index in [1.807, 2.05) is 0 Å². The van der Waals surface area contributed by atoms with Gasteiger partial charge in [0.15, 0.2) is 17.5 Å². The molecule has 5 rings (SSSR count). The average Bonchev–Trinajstić information content (AvgIpc) is 3.39. The molecule has 10 heteroatoms. The summed E-state index contributed by atoms with van der Waals surface area (Å²) in [6.07, 6.45) is -1.96. The van der Waals surface area contributed by atoms with Crippen LogP contribution in [0.5, 0.6) is 6.01 Å². The summed E-state index contributed by atoms with van der Waals surface area (Å²) in [6.45, 7) is 0.472.